The van der Waals surface area contributed by atoms with Crippen molar-refractivity contribution < 1.29 is 37.0 Å². The highest BCUT2D eigenvalue weighted by Crippen LogP contribution is 2.36. The molecule has 11 heteroatoms. The van der Waals surface area contributed by atoms with Crippen LogP contribution in [-0.4, -0.2) is 53.9 Å². The Bertz CT molecular complexity index is 996. The first-order valence-corrected chi connectivity index (χ1v) is 9.20. The fourth-order valence-electron chi connectivity index (χ4n) is 3.25. The number of quaternary nitrogens is 1. The van der Waals surface area contributed by atoms with E-state index in [1.54, 1.807) is 31.1 Å². The number of hydrogen-bond donors (Lipinski definition) is 0. The lowest BCUT2D eigenvalue weighted by Crippen LogP contribution is -2.57. The van der Waals surface area contributed by atoms with Crippen LogP contribution >= 0.6 is 0 Å². The zero-order chi connectivity index (χ0) is 23.0. The molecule has 0 saturated carbocycles. The third-order valence-electron chi connectivity index (χ3n) is 4.99. The molecule has 0 N–H and O–H groups in total. The number of hydroxylamine groups is 3. The molecule has 1 saturated heterocycles. The molecule has 8 nitrogen and oxygen atoms in total. The number of carbonyl (C=O) groups excluding carboxylic acids is 3. The Hall–Kier alpha value is -3.47. The van der Waals surface area contributed by atoms with Crippen molar-refractivity contribution >= 4 is 29.3 Å². The van der Waals surface area contributed by atoms with Gasteiger partial charge in [0.2, 0.25) is 6.04 Å². The summed E-state index contributed by atoms with van der Waals surface area (Å²) < 4.78 is 37.5. The molecule has 1 aromatic carbocycles. The number of amides is 3. The Labute approximate surface area is 176 Å². The predicted molar refractivity (Wildman–Crippen MR) is 103 cm³/mol. The van der Waals surface area contributed by atoms with E-state index >= 15 is 0 Å². The normalized spacial score (nSPS) is 21.4. The average molecular weight is 437 g/mol. The Morgan fingerprint density at radius 3 is 2.23 bits per heavy atom. The average Bonchev–Trinajstić information content (AvgIpc) is 2.89. The fraction of sp³-hybridized carbons (Fsp3) is 0.300. The number of halogens is 3. The van der Waals surface area contributed by atoms with Gasteiger partial charge in [-0.05, 0) is 41.0 Å². The van der Waals surface area contributed by atoms with Crippen molar-refractivity contribution in [2.24, 2.45) is 0 Å². The first kappa shape index (κ1) is 22.2. The standard InChI is InChI=1S/C20H20F3N4O4/c1-13-17(28)26(16-6-4-15(5-7-16)25(2)3)19(30)27(13,31-18(29)20(21,22)23)12-14-8-10-24-11-9-14/h4-11,13H,12H2,1-3H3/q+1. The summed E-state index contributed by atoms with van der Waals surface area (Å²) in [6.07, 6.45) is -2.59. The van der Waals surface area contributed by atoms with E-state index in [2.05, 4.69) is 4.98 Å². The monoisotopic (exact) mass is 437 g/mol. The summed E-state index contributed by atoms with van der Waals surface area (Å²) >= 11 is 0. The van der Waals surface area contributed by atoms with Crippen LogP contribution in [0, 0.1) is 0 Å². The van der Waals surface area contributed by atoms with Gasteiger partial charge in [0.1, 0.15) is 0 Å². The van der Waals surface area contributed by atoms with E-state index < -0.39 is 41.3 Å². The molecule has 0 spiro atoms. The second-order valence-corrected chi connectivity index (χ2v) is 7.23. The minimum atomic E-state index is -5.34. The minimum Gasteiger partial charge on any atom is -0.378 e. The number of urea groups is 1. The van der Waals surface area contributed by atoms with E-state index in [1.165, 1.54) is 43.6 Å². The molecule has 31 heavy (non-hydrogen) atoms. The van der Waals surface area contributed by atoms with Crippen molar-refractivity contribution in [3.05, 3.63) is 54.4 Å². The van der Waals surface area contributed by atoms with E-state index in [1.807, 2.05) is 0 Å². The Kier molecular flexibility index (Phi) is 5.72. The lowest BCUT2D eigenvalue weighted by atomic mass is 10.2. The Morgan fingerprint density at radius 1 is 1.13 bits per heavy atom. The molecule has 1 aliphatic heterocycles. The van der Waals surface area contributed by atoms with Crippen molar-refractivity contribution in [3.8, 4) is 0 Å². The maximum absolute atomic E-state index is 13.3. The summed E-state index contributed by atoms with van der Waals surface area (Å²) in [7, 11) is 3.60. The van der Waals surface area contributed by atoms with Gasteiger partial charge in [0.05, 0.1) is 5.69 Å². The number of benzene rings is 1. The van der Waals surface area contributed by atoms with Crippen LogP contribution in [0.2, 0.25) is 0 Å². The Morgan fingerprint density at radius 2 is 1.71 bits per heavy atom. The largest absolute Gasteiger partial charge is 0.497 e. The molecular weight excluding hydrogens is 417 g/mol. The first-order chi connectivity index (χ1) is 14.5. The number of alkyl halides is 3. The molecular formula is C20H20F3N4O4+. The van der Waals surface area contributed by atoms with Crippen molar-refractivity contribution in [2.75, 3.05) is 23.9 Å². The molecule has 1 fully saturated rings. The molecule has 0 aliphatic carbocycles. The number of imide groups is 1. The molecule has 2 aromatic rings. The second-order valence-electron chi connectivity index (χ2n) is 7.23. The van der Waals surface area contributed by atoms with Gasteiger partial charge < -0.3 is 4.90 Å². The molecule has 3 rings (SSSR count). The SMILES string of the molecule is CC1C(=O)N(c2ccc(N(C)C)cc2)C(=O)[N+]1(Cc1ccncc1)OC(=O)C(F)(F)F. The number of nitrogens with zero attached hydrogens (tertiary/aromatic N) is 4. The van der Waals surface area contributed by atoms with Crippen molar-refractivity contribution in [2.45, 2.75) is 25.7 Å². The van der Waals surface area contributed by atoms with Crippen LogP contribution < -0.4 is 9.80 Å². The number of hydrogen-bond acceptors (Lipinski definition) is 6. The van der Waals surface area contributed by atoms with E-state index in [9.17, 15) is 27.6 Å². The lowest BCUT2D eigenvalue weighted by Gasteiger charge is -2.29. The van der Waals surface area contributed by atoms with Crippen LogP contribution in [0.25, 0.3) is 0 Å². The number of aromatic nitrogens is 1. The zero-order valence-electron chi connectivity index (χ0n) is 17.0. The summed E-state index contributed by atoms with van der Waals surface area (Å²) in [6.45, 7) is 0.779. The number of rotatable bonds is 5. The van der Waals surface area contributed by atoms with Crippen molar-refractivity contribution in [3.63, 3.8) is 0 Å². The van der Waals surface area contributed by atoms with Gasteiger partial charge in [-0.2, -0.15) is 18.1 Å². The first-order valence-electron chi connectivity index (χ1n) is 9.20. The fourth-order valence-corrected chi connectivity index (χ4v) is 3.25. The predicted octanol–water partition coefficient (Wildman–Crippen LogP) is 3.04. The molecule has 2 atom stereocenters. The molecule has 1 aromatic heterocycles. The number of anilines is 2. The summed E-state index contributed by atoms with van der Waals surface area (Å²) in [5.41, 5.74) is 1.31. The smallest absolute Gasteiger partial charge is 0.378 e. The third kappa shape index (κ3) is 4.08. The van der Waals surface area contributed by atoms with Gasteiger partial charge in [0.15, 0.2) is 6.54 Å². The molecule has 164 valence electrons. The van der Waals surface area contributed by atoms with Crippen LogP contribution in [0.3, 0.4) is 0 Å². The van der Waals surface area contributed by atoms with E-state index in [4.69, 9.17) is 4.84 Å². The highest BCUT2D eigenvalue weighted by molar-refractivity contribution is 6.17. The lowest BCUT2D eigenvalue weighted by molar-refractivity contribution is -1.04. The van der Waals surface area contributed by atoms with E-state index in [-0.39, 0.29) is 5.69 Å². The molecule has 3 amide bonds. The molecule has 0 radical (unpaired) electrons. The number of pyridine rings is 1. The van der Waals surface area contributed by atoms with Gasteiger partial charge in [-0.25, -0.2) is 9.59 Å². The summed E-state index contributed by atoms with van der Waals surface area (Å²) in [4.78, 5) is 49.1. The van der Waals surface area contributed by atoms with Gasteiger partial charge >= 0.3 is 24.1 Å². The van der Waals surface area contributed by atoms with Crippen molar-refractivity contribution in [1.82, 2.24) is 4.98 Å². The quantitative estimate of drug-likeness (QED) is 0.529. The molecule has 2 unspecified atom stereocenters. The maximum Gasteiger partial charge on any atom is 0.497 e. The van der Waals surface area contributed by atoms with Gasteiger partial charge in [-0.3, -0.25) is 14.6 Å². The van der Waals surface area contributed by atoms with Crippen molar-refractivity contribution in [1.29, 1.82) is 0 Å². The van der Waals surface area contributed by atoms with Gasteiger partial charge in [0, 0.05) is 44.7 Å². The molecule has 2 heterocycles. The van der Waals surface area contributed by atoms with Crippen LogP contribution in [-0.2, 0) is 21.0 Å². The Balaban J connectivity index is 2.06. The summed E-state index contributed by atoms with van der Waals surface area (Å²) in [6, 6.07) is 6.72. The number of carbonyl (C=O) groups is 3. The highest BCUT2D eigenvalue weighted by atomic mass is 19.4. The van der Waals surface area contributed by atoms with E-state index in [0.717, 1.165) is 10.6 Å². The maximum atomic E-state index is 13.3. The van der Waals surface area contributed by atoms with Gasteiger partial charge in [-0.1, -0.05) is 0 Å². The highest BCUT2D eigenvalue weighted by Gasteiger charge is 2.65. The summed E-state index contributed by atoms with van der Waals surface area (Å²) in [5, 5.41) is 0. The van der Waals surface area contributed by atoms with Crippen LogP contribution in [0.5, 0.6) is 0 Å². The summed E-state index contributed by atoms with van der Waals surface area (Å²) in [5.74, 6) is -3.34. The minimum absolute atomic E-state index is 0.158. The third-order valence-corrected chi connectivity index (χ3v) is 4.99. The van der Waals surface area contributed by atoms with Gasteiger partial charge in [-0.15, -0.1) is 0 Å². The molecule has 1 aliphatic rings. The topological polar surface area (TPSA) is 79.8 Å². The molecule has 0 bridgehead atoms. The van der Waals surface area contributed by atoms with Crippen LogP contribution in [0.1, 0.15) is 12.5 Å². The van der Waals surface area contributed by atoms with E-state index in [0.29, 0.717) is 5.56 Å². The van der Waals surface area contributed by atoms with Crippen LogP contribution in [0.4, 0.5) is 29.3 Å². The zero-order valence-corrected chi connectivity index (χ0v) is 17.0. The van der Waals surface area contributed by atoms with Crippen LogP contribution in [0.15, 0.2) is 48.8 Å². The second kappa shape index (κ2) is 7.99. The van der Waals surface area contributed by atoms with Gasteiger partial charge in [0.25, 0.3) is 0 Å².